The van der Waals surface area contributed by atoms with Crippen LogP contribution in [0.2, 0.25) is 0 Å². The number of carbonyl (C=O) groups excluding carboxylic acids is 2. The number of unbranched alkanes of at least 4 members (excludes halogenated alkanes) is 1. The molecule has 0 aliphatic rings. The molecule has 0 saturated carbocycles. The number of aryl methyl sites for hydroxylation is 2. The first kappa shape index (κ1) is 23.3. The fraction of sp³-hybridized carbons (Fsp3) is 0.591. The fourth-order valence-electron chi connectivity index (χ4n) is 3.57. The zero-order chi connectivity index (χ0) is 21.4. The van der Waals surface area contributed by atoms with Gasteiger partial charge in [0.05, 0.1) is 11.0 Å². The van der Waals surface area contributed by atoms with Crippen LogP contribution in [0.25, 0.3) is 11.0 Å². The van der Waals surface area contributed by atoms with Crippen LogP contribution in [0.5, 0.6) is 0 Å². The lowest BCUT2D eigenvalue weighted by Crippen LogP contribution is -2.27. The summed E-state index contributed by atoms with van der Waals surface area (Å²) in [5.41, 5.74) is 6.11. The molecular weight excluding hydrogens is 384 g/mol. The van der Waals surface area contributed by atoms with Crippen LogP contribution >= 0.6 is 11.9 Å². The molecule has 2 rings (SSSR count). The van der Waals surface area contributed by atoms with Crippen LogP contribution in [0, 0.1) is 0 Å². The SMILES string of the molecule is CCCCN(Sc1nc2c(CC)c(CC)c(CC)cc2[nH]1)C(=O)CCC(=O)NC. The monoisotopic (exact) mass is 418 g/mol. The Morgan fingerprint density at radius 2 is 1.83 bits per heavy atom. The molecule has 0 fully saturated rings. The average molecular weight is 419 g/mol. The second kappa shape index (κ2) is 11.2. The van der Waals surface area contributed by atoms with E-state index in [0.717, 1.165) is 48.3 Å². The second-order valence-corrected chi connectivity index (χ2v) is 8.12. The number of fused-ring (bicyclic) bond motifs is 1. The third-order valence-corrected chi connectivity index (χ3v) is 6.16. The Bertz CT molecular complexity index is 847. The second-order valence-electron chi connectivity index (χ2n) is 7.11. The smallest absolute Gasteiger partial charge is 0.233 e. The highest BCUT2D eigenvalue weighted by atomic mass is 32.2. The van der Waals surface area contributed by atoms with Crippen LogP contribution in [0.4, 0.5) is 0 Å². The molecule has 2 N–H and O–H groups in total. The summed E-state index contributed by atoms with van der Waals surface area (Å²) in [4.78, 5) is 32.5. The highest BCUT2D eigenvalue weighted by Crippen LogP contribution is 2.30. The number of nitrogens with one attached hydrogen (secondary N) is 2. The van der Waals surface area contributed by atoms with Crippen LogP contribution in [0.3, 0.4) is 0 Å². The Hall–Kier alpha value is -2.02. The van der Waals surface area contributed by atoms with Crippen molar-refractivity contribution in [1.82, 2.24) is 19.6 Å². The first-order valence-electron chi connectivity index (χ1n) is 10.7. The molecule has 0 unspecified atom stereocenters. The van der Waals surface area contributed by atoms with Crippen LogP contribution in [-0.4, -0.2) is 39.7 Å². The van der Waals surface area contributed by atoms with Crippen molar-refractivity contribution in [2.75, 3.05) is 13.6 Å². The minimum atomic E-state index is -0.116. The van der Waals surface area contributed by atoms with E-state index < -0.39 is 0 Å². The molecule has 2 amide bonds. The van der Waals surface area contributed by atoms with Crippen LogP contribution in [-0.2, 0) is 28.9 Å². The molecule has 2 aromatic rings. The first-order valence-corrected chi connectivity index (χ1v) is 11.5. The Labute approximate surface area is 178 Å². The van der Waals surface area contributed by atoms with Crippen LogP contribution in [0.1, 0.15) is 70.1 Å². The molecule has 0 bridgehead atoms. The number of amides is 2. The molecule has 6 nitrogen and oxygen atoms in total. The minimum Gasteiger partial charge on any atom is -0.359 e. The lowest BCUT2D eigenvalue weighted by molar-refractivity contribution is -0.129. The van der Waals surface area contributed by atoms with Crippen molar-refractivity contribution < 1.29 is 9.59 Å². The van der Waals surface area contributed by atoms with Gasteiger partial charge in [-0.2, -0.15) is 0 Å². The Morgan fingerprint density at radius 1 is 1.10 bits per heavy atom. The highest BCUT2D eigenvalue weighted by Gasteiger charge is 2.20. The maximum absolute atomic E-state index is 12.7. The van der Waals surface area contributed by atoms with Gasteiger partial charge in [-0.15, -0.1) is 0 Å². The number of aromatic amines is 1. The molecular formula is C22H34N4O2S. The number of carbonyl (C=O) groups is 2. The van der Waals surface area contributed by atoms with Gasteiger partial charge in [0, 0.05) is 38.4 Å². The van der Waals surface area contributed by atoms with E-state index in [0.29, 0.717) is 6.54 Å². The lowest BCUT2D eigenvalue weighted by atomic mass is 9.94. The van der Waals surface area contributed by atoms with Gasteiger partial charge in [0.1, 0.15) is 0 Å². The molecule has 0 radical (unpaired) electrons. The van der Waals surface area contributed by atoms with E-state index in [2.05, 4.69) is 44.1 Å². The molecule has 1 aromatic carbocycles. The number of rotatable bonds is 11. The molecule has 1 aromatic heterocycles. The van der Waals surface area contributed by atoms with Gasteiger partial charge in [-0.05, 0) is 48.4 Å². The summed E-state index contributed by atoms with van der Waals surface area (Å²) < 4.78 is 1.75. The molecule has 1 heterocycles. The maximum atomic E-state index is 12.7. The molecule has 7 heteroatoms. The molecule has 0 saturated heterocycles. The number of imidazole rings is 1. The quantitative estimate of drug-likeness (QED) is 0.530. The third-order valence-electron chi connectivity index (χ3n) is 5.19. The Morgan fingerprint density at radius 3 is 2.41 bits per heavy atom. The van der Waals surface area contributed by atoms with Gasteiger partial charge in [0.25, 0.3) is 0 Å². The lowest BCUT2D eigenvalue weighted by Gasteiger charge is -2.19. The van der Waals surface area contributed by atoms with E-state index in [1.54, 1.807) is 11.4 Å². The molecule has 0 spiro atoms. The van der Waals surface area contributed by atoms with Crippen molar-refractivity contribution in [2.45, 2.75) is 77.8 Å². The maximum Gasteiger partial charge on any atom is 0.233 e. The largest absolute Gasteiger partial charge is 0.359 e. The van der Waals surface area contributed by atoms with E-state index in [1.165, 1.54) is 28.6 Å². The van der Waals surface area contributed by atoms with Crippen LogP contribution in [0.15, 0.2) is 11.2 Å². The molecule has 0 aliphatic heterocycles. The van der Waals surface area contributed by atoms with Gasteiger partial charge < -0.3 is 10.3 Å². The summed E-state index contributed by atoms with van der Waals surface area (Å²) in [6, 6.07) is 2.20. The van der Waals surface area contributed by atoms with Crippen molar-refractivity contribution in [3.05, 3.63) is 22.8 Å². The van der Waals surface area contributed by atoms with E-state index in [9.17, 15) is 9.59 Å². The van der Waals surface area contributed by atoms with Gasteiger partial charge in [-0.3, -0.25) is 13.9 Å². The van der Waals surface area contributed by atoms with Gasteiger partial charge in [0.15, 0.2) is 5.16 Å². The van der Waals surface area contributed by atoms with E-state index in [-0.39, 0.29) is 24.7 Å². The summed E-state index contributed by atoms with van der Waals surface area (Å²) in [6.07, 6.45) is 5.26. The van der Waals surface area contributed by atoms with Gasteiger partial charge in [0.2, 0.25) is 11.8 Å². The summed E-state index contributed by atoms with van der Waals surface area (Å²) in [5.74, 6) is -0.152. The predicted molar refractivity (Wildman–Crippen MR) is 120 cm³/mol. The molecule has 0 atom stereocenters. The van der Waals surface area contributed by atoms with Crippen molar-refractivity contribution in [3.63, 3.8) is 0 Å². The average Bonchev–Trinajstić information content (AvgIpc) is 3.14. The number of hydrogen-bond acceptors (Lipinski definition) is 4. The summed E-state index contributed by atoms with van der Waals surface area (Å²) in [7, 11) is 1.59. The van der Waals surface area contributed by atoms with Gasteiger partial charge >= 0.3 is 0 Å². The Balaban J connectivity index is 2.30. The zero-order valence-electron chi connectivity index (χ0n) is 18.4. The van der Waals surface area contributed by atoms with Crippen molar-refractivity contribution >= 4 is 34.8 Å². The molecule has 160 valence electrons. The highest BCUT2D eigenvalue weighted by molar-refractivity contribution is 7.97. The normalized spacial score (nSPS) is 11.1. The number of H-pyrrole nitrogens is 1. The molecule has 0 aliphatic carbocycles. The molecule has 29 heavy (non-hydrogen) atoms. The van der Waals surface area contributed by atoms with E-state index >= 15 is 0 Å². The summed E-state index contributed by atoms with van der Waals surface area (Å²) in [6.45, 7) is 9.30. The van der Waals surface area contributed by atoms with Crippen LogP contribution < -0.4 is 5.32 Å². The number of hydrogen-bond donors (Lipinski definition) is 2. The van der Waals surface area contributed by atoms with E-state index in [4.69, 9.17) is 4.98 Å². The van der Waals surface area contributed by atoms with Gasteiger partial charge in [-0.1, -0.05) is 34.1 Å². The fourth-order valence-corrected chi connectivity index (χ4v) is 4.48. The number of benzene rings is 1. The van der Waals surface area contributed by atoms with Crippen molar-refractivity contribution in [3.8, 4) is 0 Å². The Kier molecular flexibility index (Phi) is 9.01. The summed E-state index contributed by atoms with van der Waals surface area (Å²) >= 11 is 1.35. The van der Waals surface area contributed by atoms with Gasteiger partial charge in [-0.25, -0.2) is 4.98 Å². The standard InChI is InChI=1S/C22H34N4O2S/c1-6-10-13-26(20(28)12-11-19(27)23-5)29-22-24-18-14-15(7-2)16(8-3)17(9-4)21(18)25-22/h14H,6-13H2,1-5H3,(H,23,27)(H,24,25). The third kappa shape index (κ3) is 5.75. The number of nitrogens with zero attached hydrogens (tertiary/aromatic N) is 2. The van der Waals surface area contributed by atoms with Crippen molar-refractivity contribution in [1.29, 1.82) is 0 Å². The van der Waals surface area contributed by atoms with E-state index in [1.807, 2.05) is 0 Å². The zero-order valence-corrected chi connectivity index (χ0v) is 19.2. The topological polar surface area (TPSA) is 78.1 Å². The minimum absolute atomic E-state index is 0.0354. The van der Waals surface area contributed by atoms with Crippen molar-refractivity contribution in [2.24, 2.45) is 0 Å². The number of aromatic nitrogens is 2. The predicted octanol–water partition coefficient (Wildman–Crippen LogP) is 4.41. The summed E-state index contributed by atoms with van der Waals surface area (Å²) in [5, 5.41) is 3.30. The first-order chi connectivity index (χ1) is 14.0.